The van der Waals surface area contributed by atoms with E-state index in [4.69, 9.17) is 4.98 Å². The van der Waals surface area contributed by atoms with Gasteiger partial charge in [0.1, 0.15) is 4.83 Å². The predicted molar refractivity (Wildman–Crippen MR) is 126 cm³/mol. The van der Waals surface area contributed by atoms with Crippen LogP contribution < -0.4 is 5.56 Å². The van der Waals surface area contributed by atoms with Gasteiger partial charge in [-0.3, -0.25) is 14.2 Å². The number of sulfone groups is 1. The molecule has 1 aliphatic carbocycles. The summed E-state index contributed by atoms with van der Waals surface area (Å²) in [5.74, 6) is 0.242. The fourth-order valence-corrected chi connectivity index (χ4v) is 8.50. The molecule has 1 unspecified atom stereocenters. The summed E-state index contributed by atoms with van der Waals surface area (Å²) in [6.45, 7) is 6.34. The highest BCUT2D eigenvalue weighted by Crippen LogP contribution is 2.34. The molecule has 2 aliphatic rings. The van der Waals surface area contributed by atoms with E-state index in [1.807, 2.05) is 25.3 Å². The second-order valence-electron chi connectivity index (χ2n) is 8.50. The van der Waals surface area contributed by atoms with Crippen molar-refractivity contribution in [3.05, 3.63) is 20.8 Å². The van der Waals surface area contributed by atoms with Gasteiger partial charge in [0.25, 0.3) is 5.56 Å². The summed E-state index contributed by atoms with van der Waals surface area (Å²) in [5.41, 5.74) is 0.999. The number of hydrogen-bond donors (Lipinski definition) is 0. The highest BCUT2D eigenvalue weighted by Gasteiger charge is 2.34. The molecule has 2 fully saturated rings. The third-order valence-electron chi connectivity index (χ3n) is 6.53. The molecule has 1 saturated heterocycles. The van der Waals surface area contributed by atoms with E-state index in [1.165, 1.54) is 23.1 Å². The molecule has 0 spiro atoms. The van der Waals surface area contributed by atoms with Gasteiger partial charge in [-0.05, 0) is 45.6 Å². The number of carbonyl (C=O) groups is 1. The third-order valence-corrected chi connectivity index (χ3v) is 10.3. The maximum atomic E-state index is 13.4. The lowest BCUT2D eigenvalue weighted by Crippen LogP contribution is -2.42. The molecule has 1 aliphatic heterocycles. The van der Waals surface area contributed by atoms with Crippen LogP contribution in [-0.2, 0) is 14.6 Å². The molecule has 1 saturated carbocycles. The molecule has 31 heavy (non-hydrogen) atoms. The van der Waals surface area contributed by atoms with Crippen molar-refractivity contribution in [1.29, 1.82) is 0 Å². The topological polar surface area (TPSA) is 89.3 Å². The van der Waals surface area contributed by atoms with Gasteiger partial charge in [0.15, 0.2) is 15.0 Å². The van der Waals surface area contributed by atoms with Crippen LogP contribution in [0.4, 0.5) is 0 Å². The van der Waals surface area contributed by atoms with E-state index in [1.54, 1.807) is 4.90 Å². The molecular weight excluding hydrogens is 454 g/mol. The van der Waals surface area contributed by atoms with Crippen molar-refractivity contribution in [1.82, 2.24) is 14.5 Å². The van der Waals surface area contributed by atoms with E-state index in [2.05, 4.69) is 0 Å². The number of nitrogens with zero attached hydrogens (tertiary/aromatic N) is 3. The van der Waals surface area contributed by atoms with Crippen LogP contribution in [0.15, 0.2) is 9.95 Å². The second-order valence-corrected chi connectivity index (χ2v) is 12.9. The molecule has 1 amide bonds. The van der Waals surface area contributed by atoms with E-state index < -0.39 is 9.84 Å². The zero-order chi connectivity index (χ0) is 22.3. The van der Waals surface area contributed by atoms with Gasteiger partial charge in [-0.1, -0.05) is 24.6 Å². The first-order chi connectivity index (χ1) is 14.7. The van der Waals surface area contributed by atoms with Gasteiger partial charge in [-0.25, -0.2) is 13.4 Å². The standard InChI is InChI=1S/C21H29N3O4S3/c1-4-23(16-9-10-31(27,28)12-16)17(25)11-29-21-22-19-18(13(2)14(3)30-19)20(26)24(21)15-7-5-6-8-15/h15-16H,4-12H2,1-3H3. The number of amides is 1. The number of thioether (sulfide) groups is 1. The highest BCUT2D eigenvalue weighted by atomic mass is 32.2. The van der Waals surface area contributed by atoms with Crippen LogP contribution in [0.2, 0.25) is 0 Å². The highest BCUT2D eigenvalue weighted by molar-refractivity contribution is 7.99. The van der Waals surface area contributed by atoms with Crippen LogP contribution in [0.3, 0.4) is 0 Å². The zero-order valence-electron chi connectivity index (χ0n) is 18.2. The van der Waals surface area contributed by atoms with Crippen LogP contribution in [0.1, 0.15) is 55.5 Å². The average molecular weight is 484 g/mol. The number of fused-ring (bicyclic) bond motifs is 1. The first kappa shape index (κ1) is 22.8. The van der Waals surface area contributed by atoms with Crippen LogP contribution in [0.5, 0.6) is 0 Å². The van der Waals surface area contributed by atoms with E-state index in [9.17, 15) is 18.0 Å². The summed E-state index contributed by atoms with van der Waals surface area (Å²) < 4.78 is 25.5. The summed E-state index contributed by atoms with van der Waals surface area (Å²) in [7, 11) is -3.06. The van der Waals surface area contributed by atoms with Gasteiger partial charge in [0.05, 0.1) is 22.6 Å². The summed E-state index contributed by atoms with van der Waals surface area (Å²) >= 11 is 2.83. The first-order valence-corrected chi connectivity index (χ1v) is 14.5. The Morgan fingerprint density at radius 2 is 1.97 bits per heavy atom. The molecule has 1 atom stereocenters. The third kappa shape index (κ3) is 4.43. The lowest BCUT2D eigenvalue weighted by Gasteiger charge is -2.27. The maximum absolute atomic E-state index is 13.4. The minimum Gasteiger partial charge on any atom is -0.338 e. The summed E-state index contributed by atoms with van der Waals surface area (Å²) in [4.78, 5) is 34.7. The predicted octanol–water partition coefficient (Wildman–Crippen LogP) is 3.32. The van der Waals surface area contributed by atoms with E-state index >= 15 is 0 Å². The fraction of sp³-hybridized carbons (Fsp3) is 0.667. The summed E-state index contributed by atoms with van der Waals surface area (Å²) in [5, 5.41) is 1.31. The first-order valence-electron chi connectivity index (χ1n) is 10.9. The molecule has 2 aromatic rings. The van der Waals surface area contributed by atoms with Crippen LogP contribution >= 0.6 is 23.1 Å². The SMILES string of the molecule is CCN(C(=O)CSc1nc2sc(C)c(C)c2c(=O)n1C1CCCC1)C1CCS(=O)(=O)C1. The zero-order valence-corrected chi connectivity index (χ0v) is 20.7. The molecule has 0 radical (unpaired) electrons. The Morgan fingerprint density at radius 3 is 2.58 bits per heavy atom. The Kier molecular flexibility index (Phi) is 6.52. The molecule has 0 N–H and O–H groups in total. The number of aromatic nitrogens is 2. The van der Waals surface area contributed by atoms with Gasteiger partial charge in [0.2, 0.25) is 5.91 Å². The number of aryl methyl sites for hydroxylation is 2. The molecule has 10 heteroatoms. The van der Waals surface area contributed by atoms with Crippen molar-refractivity contribution in [3.63, 3.8) is 0 Å². The van der Waals surface area contributed by atoms with Gasteiger partial charge >= 0.3 is 0 Å². The van der Waals surface area contributed by atoms with Crippen LogP contribution in [-0.4, -0.2) is 58.6 Å². The lowest BCUT2D eigenvalue weighted by atomic mass is 10.2. The molecular formula is C21H29N3O4S3. The van der Waals surface area contributed by atoms with Crippen molar-refractivity contribution < 1.29 is 13.2 Å². The van der Waals surface area contributed by atoms with Gasteiger partial charge in [0, 0.05) is 23.5 Å². The molecule has 2 aromatic heterocycles. The van der Waals surface area contributed by atoms with E-state index in [0.717, 1.165) is 41.0 Å². The molecule has 170 valence electrons. The summed E-state index contributed by atoms with van der Waals surface area (Å²) in [6.07, 6.45) is 4.60. The van der Waals surface area contributed by atoms with E-state index in [0.29, 0.717) is 23.5 Å². The average Bonchev–Trinajstić information content (AvgIpc) is 3.42. The van der Waals surface area contributed by atoms with Gasteiger partial charge in [-0.15, -0.1) is 11.3 Å². The largest absolute Gasteiger partial charge is 0.338 e. The number of thiophene rings is 1. The Hall–Kier alpha value is -1.39. The smallest absolute Gasteiger partial charge is 0.263 e. The number of rotatable bonds is 6. The van der Waals surface area contributed by atoms with Gasteiger partial charge in [-0.2, -0.15) is 0 Å². The molecule has 4 rings (SSSR count). The minimum absolute atomic E-state index is 0.00272. The van der Waals surface area contributed by atoms with Crippen molar-refractivity contribution in [2.75, 3.05) is 23.8 Å². The Balaban J connectivity index is 1.62. The second kappa shape index (κ2) is 8.86. The number of hydrogen-bond acceptors (Lipinski definition) is 7. The van der Waals surface area contributed by atoms with Gasteiger partial charge < -0.3 is 4.90 Å². The number of carbonyl (C=O) groups excluding carboxylic acids is 1. The quantitative estimate of drug-likeness (QED) is 0.463. The van der Waals surface area contributed by atoms with E-state index in [-0.39, 0.29) is 40.8 Å². The minimum atomic E-state index is -3.06. The molecule has 7 nitrogen and oxygen atoms in total. The van der Waals surface area contributed by atoms with Crippen molar-refractivity contribution >= 4 is 49.1 Å². The van der Waals surface area contributed by atoms with Crippen molar-refractivity contribution in [3.8, 4) is 0 Å². The fourth-order valence-electron chi connectivity index (χ4n) is 4.74. The van der Waals surface area contributed by atoms with Crippen LogP contribution in [0, 0.1) is 13.8 Å². The normalized spacial score (nSPS) is 21.2. The lowest BCUT2D eigenvalue weighted by molar-refractivity contribution is -0.129. The Bertz CT molecular complexity index is 1160. The molecule has 0 aromatic carbocycles. The molecule has 0 bridgehead atoms. The Labute approximate surface area is 191 Å². The summed E-state index contributed by atoms with van der Waals surface area (Å²) in [6, 6.07) is -0.123. The monoisotopic (exact) mass is 483 g/mol. The molecule has 3 heterocycles. The van der Waals surface area contributed by atoms with Crippen LogP contribution in [0.25, 0.3) is 10.2 Å². The maximum Gasteiger partial charge on any atom is 0.263 e. The van der Waals surface area contributed by atoms with Crippen molar-refractivity contribution in [2.45, 2.75) is 70.1 Å². The Morgan fingerprint density at radius 1 is 1.26 bits per heavy atom. The van der Waals surface area contributed by atoms with Crippen molar-refractivity contribution in [2.24, 2.45) is 0 Å².